The monoisotopic (exact) mass is 334 g/mol. The lowest BCUT2D eigenvalue weighted by atomic mass is 10.1. The Morgan fingerprint density at radius 3 is 2.60 bits per heavy atom. The molecule has 1 aliphatic rings. The molecule has 0 radical (unpaired) electrons. The number of pyridine rings is 2. The van der Waals surface area contributed by atoms with E-state index in [1.165, 1.54) is 0 Å². The third kappa shape index (κ3) is 3.30. The third-order valence-electron chi connectivity index (χ3n) is 4.70. The largest absolute Gasteiger partial charge is 0.306 e. The SMILES string of the molecule is Cc1cccc(-c2nc(-c3cccnc3)nn2C2CCN(C)CC2)n1. The molecule has 1 fully saturated rings. The molecule has 3 aromatic rings. The molecular weight excluding hydrogens is 312 g/mol. The zero-order valence-corrected chi connectivity index (χ0v) is 14.6. The van der Waals surface area contributed by atoms with Gasteiger partial charge in [-0.15, -0.1) is 0 Å². The molecule has 0 aliphatic carbocycles. The van der Waals surface area contributed by atoms with Crippen LogP contribution in [-0.4, -0.2) is 49.8 Å². The number of hydrogen-bond donors (Lipinski definition) is 0. The summed E-state index contributed by atoms with van der Waals surface area (Å²) in [5.74, 6) is 1.56. The predicted molar refractivity (Wildman–Crippen MR) is 97.0 cm³/mol. The van der Waals surface area contributed by atoms with Gasteiger partial charge in [0.2, 0.25) is 0 Å². The first-order valence-electron chi connectivity index (χ1n) is 8.70. The van der Waals surface area contributed by atoms with Crippen LogP contribution in [0, 0.1) is 6.92 Å². The van der Waals surface area contributed by atoms with E-state index in [0.717, 1.165) is 48.7 Å². The van der Waals surface area contributed by atoms with E-state index in [4.69, 9.17) is 10.1 Å². The molecule has 0 unspecified atom stereocenters. The lowest BCUT2D eigenvalue weighted by Gasteiger charge is -2.29. The van der Waals surface area contributed by atoms with Crippen molar-refractivity contribution in [1.82, 2.24) is 29.6 Å². The Hall–Kier alpha value is -2.60. The molecule has 0 atom stereocenters. The molecular formula is C19H22N6. The molecule has 0 aromatic carbocycles. The fourth-order valence-corrected chi connectivity index (χ4v) is 3.28. The zero-order chi connectivity index (χ0) is 17.2. The molecule has 6 heteroatoms. The molecule has 4 heterocycles. The molecule has 3 aromatic heterocycles. The average molecular weight is 334 g/mol. The summed E-state index contributed by atoms with van der Waals surface area (Å²) in [6, 6.07) is 10.3. The Labute approximate surface area is 147 Å². The van der Waals surface area contributed by atoms with E-state index >= 15 is 0 Å². The van der Waals surface area contributed by atoms with Crippen molar-refractivity contribution in [2.75, 3.05) is 20.1 Å². The molecule has 0 N–H and O–H groups in total. The molecule has 0 spiro atoms. The van der Waals surface area contributed by atoms with Crippen molar-refractivity contribution in [2.24, 2.45) is 0 Å². The van der Waals surface area contributed by atoms with Crippen LogP contribution in [0.2, 0.25) is 0 Å². The van der Waals surface area contributed by atoms with Gasteiger partial charge in [-0.25, -0.2) is 14.6 Å². The van der Waals surface area contributed by atoms with Crippen LogP contribution in [0.4, 0.5) is 0 Å². The van der Waals surface area contributed by atoms with Crippen LogP contribution in [0.5, 0.6) is 0 Å². The minimum atomic E-state index is 0.353. The van der Waals surface area contributed by atoms with Crippen molar-refractivity contribution in [3.63, 3.8) is 0 Å². The number of rotatable bonds is 3. The van der Waals surface area contributed by atoms with Crippen molar-refractivity contribution in [3.05, 3.63) is 48.4 Å². The van der Waals surface area contributed by atoms with Gasteiger partial charge in [-0.3, -0.25) is 4.98 Å². The number of nitrogens with zero attached hydrogens (tertiary/aromatic N) is 6. The third-order valence-corrected chi connectivity index (χ3v) is 4.70. The van der Waals surface area contributed by atoms with Gasteiger partial charge in [0.25, 0.3) is 0 Å². The van der Waals surface area contributed by atoms with Crippen LogP contribution >= 0.6 is 0 Å². The van der Waals surface area contributed by atoms with Crippen LogP contribution in [0.25, 0.3) is 22.9 Å². The fraction of sp³-hybridized carbons (Fsp3) is 0.368. The van der Waals surface area contributed by atoms with E-state index < -0.39 is 0 Å². The molecule has 0 amide bonds. The summed E-state index contributed by atoms with van der Waals surface area (Å²) in [6.07, 6.45) is 5.72. The summed E-state index contributed by atoms with van der Waals surface area (Å²) in [5, 5.41) is 4.84. The van der Waals surface area contributed by atoms with Crippen molar-refractivity contribution in [2.45, 2.75) is 25.8 Å². The topological polar surface area (TPSA) is 59.7 Å². The van der Waals surface area contributed by atoms with Crippen LogP contribution in [0.1, 0.15) is 24.6 Å². The highest BCUT2D eigenvalue weighted by atomic mass is 15.4. The normalized spacial score (nSPS) is 16.2. The van der Waals surface area contributed by atoms with Crippen LogP contribution < -0.4 is 0 Å². The molecule has 1 saturated heterocycles. The van der Waals surface area contributed by atoms with Gasteiger partial charge in [0.05, 0.1) is 6.04 Å². The number of piperidine rings is 1. The maximum absolute atomic E-state index is 4.84. The Morgan fingerprint density at radius 1 is 1.04 bits per heavy atom. The van der Waals surface area contributed by atoms with Gasteiger partial charge in [0.1, 0.15) is 5.69 Å². The highest BCUT2D eigenvalue weighted by molar-refractivity contribution is 5.58. The Morgan fingerprint density at radius 2 is 1.88 bits per heavy atom. The van der Waals surface area contributed by atoms with Crippen LogP contribution in [-0.2, 0) is 0 Å². The molecule has 6 nitrogen and oxygen atoms in total. The molecule has 0 bridgehead atoms. The van der Waals surface area contributed by atoms with Crippen molar-refractivity contribution in [1.29, 1.82) is 0 Å². The van der Waals surface area contributed by atoms with Crippen molar-refractivity contribution in [3.8, 4) is 22.9 Å². The van der Waals surface area contributed by atoms with Gasteiger partial charge >= 0.3 is 0 Å². The first kappa shape index (κ1) is 15.9. The highest BCUT2D eigenvalue weighted by Gasteiger charge is 2.24. The zero-order valence-electron chi connectivity index (χ0n) is 14.6. The molecule has 128 valence electrons. The number of aromatic nitrogens is 5. The summed E-state index contributed by atoms with van der Waals surface area (Å²) < 4.78 is 2.08. The summed E-state index contributed by atoms with van der Waals surface area (Å²) >= 11 is 0. The van der Waals surface area contributed by atoms with Gasteiger partial charge in [0.15, 0.2) is 11.6 Å². The van der Waals surface area contributed by atoms with Crippen molar-refractivity contribution < 1.29 is 0 Å². The standard InChI is InChI=1S/C19H22N6/c1-14-5-3-7-17(21-14)19-22-18(15-6-4-10-20-13-15)23-25(19)16-8-11-24(2)12-9-16/h3-7,10,13,16H,8-9,11-12H2,1-2H3. The summed E-state index contributed by atoms with van der Waals surface area (Å²) in [5.41, 5.74) is 2.79. The second-order valence-electron chi connectivity index (χ2n) is 6.64. The quantitative estimate of drug-likeness (QED) is 0.737. The Kier molecular flexibility index (Phi) is 4.28. The maximum Gasteiger partial charge on any atom is 0.183 e. The van der Waals surface area contributed by atoms with Gasteiger partial charge in [0, 0.05) is 23.7 Å². The number of hydrogen-bond acceptors (Lipinski definition) is 5. The lowest BCUT2D eigenvalue weighted by molar-refractivity contribution is 0.213. The second-order valence-corrected chi connectivity index (χ2v) is 6.64. The lowest BCUT2D eigenvalue weighted by Crippen LogP contribution is -2.32. The van der Waals surface area contributed by atoms with E-state index in [2.05, 4.69) is 26.6 Å². The van der Waals surface area contributed by atoms with E-state index in [-0.39, 0.29) is 0 Å². The Balaban J connectivity index is 1.79. The van der Waals surface area contributed by atoms with Crippen LogP contribution in [0.3, 0.4) is 0 Å². The fourth-order valence-electron chi connectivity index (χ4n) is 3.28. The summed E-state index contributed by atoms with van der Waals surface area (Å²) in [6.45, 7) is 4.16. The number of likely N-dealkylation sites (tertiary alicyclic amines) is 1. The average Bonchev–Trinajstić information content (AvgIpc) is 3.08. The second kappa shape index (κ2) is 6.72. The van der Waals surface area contributed by atoms with Gasteiger partial charge < -0.3 is 4.90 Å². The van der Waals surface area contributed by atoms with Crippen LogP contribution in [0.15, 0.2) is 42.7 Å². The van der Waals surface area contributed by atoms with Gasteiger partial charge in [-0.05, 0) is 64.2 Å². The minimum Gasteiger partial charge on any atom is -0.306 e. The van der Waals surface area contributed by atoms with Gasteiger partial charge in [-0.1, -0.05) is 6.07 Å². The minimum absolute atomic E-state index is 0.353. The molecule has 25 heavy (non-hydrogen) atoms. The smallest absolute Gasteiger partial charge is 0.183 e. The molecule has 1 aliphatic heterocycles. The maximum atomic E-state index is 4.84. The first-order chi connectivity index (χ1) is 12.2. The predicted octanol–water partition coefficient (Wildman–Crippen LogP) is 2.98. The van der Waals surface area contributed by atoms with E-state index in [9.17, 15) is 0 Å². The summed E-state index contributed by atoms with van der Waals surface area (Å²) in [7, 11) is 2.17. The van der Waals surface area contributed by atoms with E-state index in [1.807, 2.05) is 43.5 Å². The molecule has 4 rings (SSSR count). The van der Waals surface area contributed by atoms with Crippen molar-refractivity contribution >= 4 is 0 Å². The number of aryl methyl sites for hydroxylation is 1. The van der Waals surface area contributed by atoms with E-state index in [1.54, 1.807) is 6.20 Å². The molecule has 0 saturated carbocycles. The van der Waals surface area contributed by atoms with E-state index in [0.29, 0.717) is 11.9 Å². The van der Waals surface area contributed by atoms with Gasteiger partial charge in [-0.2, -0.15) is 5.10 Å². The summed E-state index contributed by atoms with van der Waals surface area (Å²) in [4.78, 5) is 16.1. The highest BCUT2D eigenvalue weighted by Crippen LogP contribution is 2.28. The first-order valence-corrected chi connectivity index (χ1v) is 8.70. The Bertz CT molecular complexity index is 849.